The van der Waals surface area contributed by atoms with Gasteiger partial charge in [0.1, 0.15) is 5.69 Å². The number of Topliss-reactive ketones (excluding diaryl/α,β-unsaturated/α-hetero) is 1. The van der Waals surface area contributed by atoms with Crippen LogP contribution in [0.1, 0.15) is 22.8 Å². The number of benzene rings is 2. The van der Waals surface area contributed by atoms with Gasteiger partial charge in [0.25, 0.3) is 5.69 Å². The molecule has 6 nitrogen and oxygen atoms in total. The third-order valence-electron chi connectivity index (χ3n) is 3.34. The van der Waals surface area contributed by atoms with Crippen molar-refractivity contribution in [3.8, 4) is 0 Å². The van der Waals surface area contributed by atoms with Crippen molar-refractivity contribution in [1.29, 1.82) is 0 Å². The molecule has 2 rings (SSSR count). The number of ketones is 1. The molecule has 0 amide bonds. The van der Waals surface area contributed by atoms with E-state index in [1.807, 2.05) is 12.1 Å². The van der Waals surface area contributed by atoms with Gasteiger partial charge in [0, 0.05) is 40.1 Å². The van der Waals surface area contributed by atoms with E-state index < -0.39 is 15.7 Å². The summed E-state index contributed by atoms with van der Waals surface area (Å²) in [6.45, 7) is 1.75. The zero-order valence-electron chi connectivity index (χ0n) is 12.7. The summed E-state index contributed by atoms with van der Waals surface area (Å²) >= 11 is 0. The van der Waals surface area contributed by atoms with Gasteiger partial charge in [-0.1, -0.05) is 12.1 Å². The highest BCUT2D eigenvalue weighted by Crippen LogP contribution is 2.26. The van der Waals surface area contributed by atoms with Crippen molar-refractivity contribution in [3.63, 3.8) is 0 Å². The minimum Gasteiger partial charge on any atom is -0.375 e. The average molecular weight is 332 g/mol. The first-order chi connectivity index (χ1) is 10.9. The van der Waals surface area contributed by atoms with Crippen LogP contribution in [0.5, 0.6) is 0 Å². The van der Waals surface area contributed by atoms with E-state index in [0.29, 0.717) is 17.8 Å². The molecular formula is C16H16N2O4S. The molecule has 0 saturated heterocycles. The molecule has 0 aliphatic rings. The van der Waals surface area contributed by atoms with Gasteiger partial charge >= 0.3 is 0 Å². The molecule has 0 radical (unpaired) electrons. The Hall–Kier alpha value is -2.54. The van der Waals surface area contributed by atoms with E-state index in [-0.39, 0.29) is 11.5 Å². The van der Waals surface area contributed by atoms with Gasteiger partial charge in [0.2, 0.25) is 0 Å². The number of nitrogens with zero attached hydrogens (tertiary/aromatic N) is 1. The Balaban J connectivity index is 2.18. The summed E-state index contributed by atoms with van der Waals surface area (Å²) in [4.78, 5) is 22.7. The summed E-state index contributed by atoms with van der Waals surface area (Å²) in [6, 6.07) is 11.5. The summed E-state index contributed by atoms with van der Waals surface area (Å²) in [5.41, 5.74) is 1.42. The number of nitrogens with one attached hydrogen (secondary N) is 1. The first-order valence-corrected chi connectivity index (χ1v) is 8.40. The fraction of sp³-hybridized carbons (Fsp3) is 0.188. The lowest BCUT2D eigenvalue weighted by Crippen LogP contribution is -2.04. The minimum atomic E-state index is -1.04. The standard InChI is InChI=1S/C16H16N2O4S/c1-11(19)13-5-8-15(16(9-13)18(20)21)17-10-12-3-6-14(7-4-12)23(2)22/h3-9,17H,10H2,1-2H3. The van der Waals surface area contributed by atoms with Gasteiger partial charge in [-0.05, 0) is 36.8 Å². The second-order valence-electron chi connectivity index (χ2n) is 5.00. The Morgan fingerprint density at radius 3 is 2.39 bits per heavy atom. The van der Waals surface area contributed by atoms with Crippen LogP contribution in [0.25, 0.3) is 0 Å². The second-order valence-corrected chi connectivity index (χ2v) is 6.38. The lowest BCUT2D eigenvalue weighted by molar-refractivity contribution is -0.384. The van der Waals surface area contributed by atoms with E-state index in [2.05, 4.69) is 5.32 Å². The highest BCUT2D eigenvalue weighted by atomic mass is 32.2. The Morgan fingerprint density at radius 2 is 1.87 bits per heavy atom. The summed E-state index contributed by atoms with van der Waals surface area (Å²) in [5.74, 6) is -0.220. The molecule has 0 aliphatic heterocycles. The number of hydrogen-bond acceptors (Lipinski definition) is 5. The number of rotatable bonds is 6. The number of anilines is 1. The Kier molecular flexibility index (Phi) is 5.23. The van der Waals surface area contributed by atoms with Crippen molar-refractivity contribution in [3.05, 3.63) is 63.7 Å². The molecule has 2 aromatic rings. The molecule has 0 heterocycles. The number of nitro benzene ring substituents is 1. The van der Waals surface area contributed by atoms with Crippen LogP contribution in [0, 0.1) is 10.1 Å². The summed E-state index contributed by atoms with van der Waals surface area (Å²) in [5, 5.41) is 14.1. The lowest BCUT2D eigenvalue weighted by atomic mass is 10.1. The smallest absolute Gasteiger partial charge is 0.293 e. The number of carbonyl (C=O) groups is 1. The SMILES string of the molecule is CC(=O)c1ccc(NCc2ccc(S(C)=O)cc2)c([N+](=O)[O-])c1. The van der Waals surface area contributed by atoms with Crippen LogP contribution in [-0.2, 0) is 17.3 Å². The monoisotopic (exact) mass is 332 g/mol. The molecule has 7 heteroatoms. The first kappa shape index (κ1) is 16.8. The second kappa shape index (κ2) is 7.15. The van der Waals surface area contributed by atoms with E-state index >= 15 is 0 Å². The van der Waals surface area contributed by atoms with E-state index in [4.69, 9.17) is 0 Å². The normalized spacial score (nSPS) is 11.7. The van der Waals surface area contributed by atoms with Crippen LogP contribution in [0.15, 0.2) is 47.4 Å². The summed E-state index contributed by atoms with van der Waals surface area (Å²) in [6.07, 6.45) is 1.60. The third-order valence-corrected chi connectivity index (χ3v) is 4.28. The predicted molar refractivity (Wildman–Crippen MR) is 89.2 cm³/mol. The van der Waals surface area contributed by atoms with Crippen LogP contribution >= 0.6 is 0 Å². The van der Waals surface area contributed by atoms with E-state index in [1.54, 1.807) is 24.5 Å². The maximum absolute atomic E-state index is 11.3. The summed E-state index contributed by atoms with van der Waals surface area (Å²) < 4.78 is 11.3. The Bertz CT molecular complexity index is 772. The van der Waals surface area contributed by atoms with Crippen LogP contribution < -0.4 is 5.32 Å². The molecule has 0 saturated carbocycles. The highest BCUT2D eigenvalue weighted by Gasteiger charge is 2.15. The molecule has 1 atom stereocenters. The van der Waals surface area contributed by atoms with Crippen LogP contribution in [0.4, 0.5) is 11.4 Å². The Morgan fingerprint density at radius 1 is 1.22 bits per heavy atom. The van der Waals surface area contributed by atoms with Crippen LogP contribution in [-0.4, -0.2) is 21.2 Å². The molecule has 1 unspecified atom stereocenters. The third kappa shape index (κ3) is 4.23. The zero-order valence-corrected chi connectivity index (χ0v) is 13.6. The maximum Gasteiger partial charge on any atom is 0.293 e. The van der Waals surface area contributed by atoms with Gasteiger partial charge in [0.05, 0.1) is 4.92 Å². The maximum atomic E-state index is 11.3. The van der Waals surface area contributed by atoms with Gasteiger partial charge in [0.15, 0.2) is 5.78 Å². The summed E-state index contributed by atoms with van der Waals surface area (Å²) in [7, 11) is -1.04. The number of hydrogen-bond donors (Lipinski definition) is 1. The van der Waals surface area contributed by atoms with E-state index in [0.717, 1.165) is 10.5 Å². The van der Waals surface area contributed by atoms with Gasteiger partial charge in [-0.2, -0.15) is 0 Å². The molecular weight excluding hydrogens is 316 g/mol. The topological polar surface area (TPSA) is 89.3 Å². The van der Waals surface area contributed by atoms with Gasteiger partial charge in [-0.15, -0.1) is 0 Å². The molecule has 1 N–H and O–H groups in total. The van der Waals surface area contributed by atoms with Gasteiger partial charge < -0.3 is 5.32 Å². The lowest BCUT2D eigenvalue weighted by Gasteiger charge is -2.08. The van der Waals surface area contributed by atoms with Crippen molar-refractivity contribution in [2.24, 2.45) is 0 Å². The average Bonchev–Trinajstić information content (AvgIpc) is 2.52. The van der Waals surface area contributed by atoms with Crippen molar-refractivity contribution in [2.45, 2.75) is 18.4 Å². The molecule has 0 aromatic heterocycles. The molecule has 2 aromatic carbocycles. The molecule has 0 spiro atoms. The van der Waals surface area contributed by atoms with Crippen molar-refractivity contribution in [1.82, 2.24) is 0 Å². The molecule has 120 valence electrons. The van der Waals surface area contributed by atoms with E-state index in [1.165, 1.54) is 19.1 Å². The van der Waals surface area contributed by atoms with Gasteiger partial charge in [-0.25, -0.2) is 0 Å². The predicted octanol–water partition coefficient (Wildman–Crippen LogP) is 3.15. The van der Waals surface area contributed by atoms with Crippen molar-refractivity contribution < 1.29 is 13.9 Å². The van der Waals surface area contributed by atoms with E-state index in [9.17, 15) is 19.1 Å². The van der Waals surface area contributed by atoms with Crippen molar-refractivity contribution in [2.75, 3.05) is 11.6 Å². The van der Waals surface area contributed by atoms with Crippen molar-refractivity contribution >= 4 is 28.0 Å². The van der Waals surface area contributed by atoms with Gasteiger partial charge in [-0.3, -0.25) is 19.1 Å². The fourth-order valence-electron chi connectivity index (χ4n) is 2.05. The highest BCUT2D eigenvalue weighted by molar-refractivity contribution is 7.84. The van der Waals surface area contributed by atoms with Crippen LogP contribution in [0.3, 0.4) is 0 Å². The quantitative estimate of drug-likeness (QED) is 0.498. The number of nitro groups is 1. The molecule has 0 fully saturated rings. The molecule has 0 bridgehead atoms. The zero-order chi connectivity index (χ0) is 17.0. The largest absolute Gasteiger partial charge is 0.375 e. The number of carbonyl (C=O) groups excluding carboxylic acids is 1. The molecule has 23 heavy (non-hydrogen) atoms. The minimum absolute atomic E-state index is 0.135. The van der Waals surface area contributed by atoms with Crippen LogP contribution in [0.2, 0.25) is 0 Å². The Labute approximate surface area is 136 Å². The molecule has 0 aliphatic carbocycles. The first-order valence-electron chi connectivity index (χ1n) is 6.84. The fourth-order valence-corrected chi connectivity index (χ4v) is 2.57.